The molecule has 0 aliphatic heterocycles. The summed E-state index contributed by atoms with van der Waals surface area (Å²) in [6.07, 6.45) is 1.75. The van der Waals surface area contributed by atoms with E-state index in [1.807, 2.05) is 18.2 Å². The van der Waals surface area contributed by atoms with Gasteiger partial charge in [0.2, 0.25) is 0 Å². The Labute approximate surface area is 105 Å². The first-order valence-electron chi connectivity index (χ1n) is 5.72. The third-order valence-corrected chi connectivity index (χ3v) is 2.82. The largest absolute Gasteiger partial charge is 0.368 e. The van der Waals surface area contributed by atoms with Crippen molar-refractivity contribution in [3.8, 4) is 6.07 Å². The van der Waals surface area contributed by atoms with Crippen LogP contribution in [0.1, 0.15) is 13.8 Å². The van der Waals surface area contributed by atoms with Gasteiger partial charge < -0.3 is 9.88 Å². The lowest BCUT2D eigenvalue weighted by Crippen LogP contribution is -2.28. The second-order valence-electron chi connectivity index (χ2n) is 4.90. The van der Waals surface area contributed by atoms with Gasteiger partial charge in [0.1, 0.15) is 5.54 Å². The number of fused-ring (bicyclic) bond motifs is 1. The average molecular weight is 241 g/mol. The molecule has 4 heteroatoms. The number of nitrogens with zero attached hydrogens (tertiary/aromatic N) is 2. The lowest BCUT2D eigenvalue weighted by molar-refractivity contribution is 0.729. The molecule has 0 unspecified atom stereocenters. The van der Waals surface area contributed by atoms with Crippen LogP contribution in [0.5, 0.6) is 0 Å². The molecule has 0 fully saturated rings. The van der Waals surface area contributed by atoms with Crippen LogP contribution in [0.25, 0.3) is 10.8 Å². The Bertz CT molecular complexity index is 692. The van der Waals surface area contributed by atoms with Crippen LogP contribution in [0.2, 0.25) is 0 Å². The van der Waals surface area contributed by atoms with Crippen molar-refractivity contribution in [3.05, 3.63) is 40.8 Å². The Morgan fingerprint density at radius 3 is 2.72 bits per heavy atom. The van der Waals surface area contributed by atoms with Gasteiger partial charge in [-0.25, -0.2) is 0 Å². The van der Waals surface area contributed by atoms with E-state index in [2.05, 4.69) is 11.4 Å². The zero-order valence-corrected chi connectivity index (χ0v) is 10.7. The molecule has 2 aromatic rings. The molecule has 18 heavy (non-hydrogen) atoms. The number of nitriles is 1. The summed E-state index contributed by atoms with van der Waals surface area (Å²) in [7, 11) is 1.72. The summed E-state index contributed by atoms with van der Waals surface area (Å²) in [5.74, 6) is 0. The quantitative estimate of drug-likeness (QED) is 0.877. The van der Waals surface area contributed by atoms with Gasteiger partial charge in [0.25, 0.3) is 5.56 Å². The molecule has 1 heterocycles. The van der Waals surface area contributed by atoms with Crippen molar-refractivity contribution in [1.29, 1.82) is 5.26 Å². The summed E-state index contributed by atoms with van der Waals surface area (Å²) >= 11 is 0. The Hall–Kier alpha value is -2.28. The van der Waals surface area contributed by atoms with Crippen LogP contribution in [-0.4, -0.2) is 10.1 Å². The molecule has 0 saturated carbocycles. The highest BCUT2D eigenvalue weighted by molar-refractivity contribution is 5.85. The van der Waals surface area contributed by atoms with Gasteiger partial charge >= 0.3 is 0 Å². The first kappa shape index (κ1) is 12.2. The summed E-state index contributed by atoms with van der Waals surface area (Å²) in [5, 5.41) is 13.6. The predicted molar refractivity (Wildman–Crippen MR) is 72.5 cm³/mol. The van der Waals surface area contributed by atoms with Crippen molar-refractivity contribution in [3.63, 3.8) is 0 Å². The molecule has 0 aliphatic carbocycles. The number of anilines is 1. The summed E-state index contributed by atoms with van der Waals surface area (Å²) in [5.41, 5.74) is 0.0801. The zero-order chi connectivity index (χ0) is 13.3. The molecule has 92 valence electrons. The highest BCUT2D eigenvalue weighted by Gasteiger charge is 2.15. The van der Waals surface area contributed by atoms with Gasteiger partial charge in [0.05, 0.1) is 6.07 Å². The number of benzene rings is 1. The van der Waals surface area contributed by atoms with Gasteiger partial charge in [0.15, 0.2) is 0 Å². The van der Waals surface area contributed by atoms with Gasteiger partial charge in [-0.2, -0.15) is 5.26 Å². The molecule has 1 N–H and O–H groups in total. The average Bonchev–Trinajstić information content (AvgIpc) is 2.34. The first-order valence-corrected chi connectivity index (χ1v) is 5.72. The predicted octanol–water partition coefficient (Wildman–Crippen LogP) is 2.25. The second kappa shape index (κ2) is 4.19. The van der Waals surface area contributed by atoms with E-state index >= 15 is 0 Å². The van der Waals surface area contributed by atoms with Crippen molar-refractivity contribution in [2.24, 2.45) is 7.05 Å². The normalized spacial score (nSPS) is 11.2. The zero-order valence-electron chi connectivity index (χ0n) is 10.7. The molecule has 0 saturated heterocycles. The summed E-state index contributed by atoms with van der Waals surface area (Å²) in [6.45, 7) is 3.58. The van der Waals surface area contributed by atoms with Crippen molar-refractivity contribution in [2.75, 3.05) is 5.32 Å². The molecule has 0 aliphatic rings. The molecule has 0 spiro atoms. The van der Waals surface area contributed by atoms with Crippen molar-refractivity contribution >= 4 is 16.5 Å². The molecule has 1 aromatic carbocycles. The van der Waals surface area contributed by atoms with Gasteiger partial charge in [-0.05, 0) is 37.4 Å². The number of pyridine rings is 1. The smallest absolute Gasteiger partial charge is 0.258 e. The number of hydrogen-bond acceptors (Lipinski definition) is 3. The molecule has 4 nitrogen and oxygen atoms in total. The second-order valence-corrected chi connectivity index (χ2v) is 4.90. The van der Waals surface area contributed by atoms with Crippen LogP contribution in [0.4, 0.5) is 5.69 Å². The third-order valence-electron chi connectivity index (χ3n) is 2.82. The molecule has 0 amide bonds. The van der Waals surface area contributed by atoms with E-state index in [4.69, 9.17) is 5.26 Å². The maximum absolute atomic E-state index is 12.0. The minimum absolute atomic E-state index is 0.0362. The highest BCUT2D eigenvalue weighted by Crippen LogP contribution is 2.19. The van der Waals surface area contributed by atoms with Gasteiger partial charge in [0, 0.05) is 24.3 Å². The first-order chi connectivity index (χ1) is 8.43. The Morgan fingerprint density at radius 1 is 1.33 bits per heavy atom. The monoisotopic (exact) mass is 241 g/mol. The van der Waals surface area contributed by atoms with E-state index in [9.17, 15) is 4.79 Å². The standard InChI is InChI=1S/C14H15N3O/c1-14(2,9-15)16-11-5-4-10-6-7-17(3)13(18)12(10)8-11/h4-8,16H,1-3H3. The maximum atomic E-state index is 12.0. The van der Waals surface area contributed by atoms with E-state index in [1.165, 1.54) is 0 Å². The minimum Gasteiger partial charge on any atom is -0.368 e. The summed E-state index contributed by atoms with van der Waals surface area (Å²) in [6, 6.07) is 9.61. The summed E-state index contributed by atoms with van der Waals surface area (Å²) in [4.78, 5) is 12.0. The molecule has 2 rings (SSSR count). The molecule has 0 atom stereocenters. The van der Waals surface area contributed by atoms with Crippen LogP contribution in [0, 0.1) is 11.3 Å². The Kier molecular flexibility index (Phi) is 2.84. The topological polar surface area (TPSA) is 57.8 Å². The van der Waals surface area contributed by atoms with Crippen molar-refractivity contribution in [2.45, 2.75) is 19.4 Å². The van der Waals surface area contributed by atoms with E-state index in [1.54, 1.807) is 37.7 Å². The van der Waals surface area contributed by atoms with E-state index < -0.39 is 5.54 Å². The van der Waals surface area contributed by atoms with Crippen molar-refractivity contribution < 1.29 is 0 Å². The third kappa shape index (κ3) is 2.21. The van der Waals surface area contributed by atoms with Gasteiger partial charge in [-0.3, -0.25) is 4.79 Å². The Morgan fingerprint density at radius 2 is 2.06 bits per heavy atom. The maximum Gasteiger partial charge on any atom is 0.258 e. The number of aromatic nitrogens is 1. The van der Waals surface area contributed by atoms with E-state index in [0.717, 1.165) is 11.1 Å². The summed E-state index contributed by atoms with van der Waals surface area (Å²) < 4.78 is 1.54. The van der Waals surface area contributed by atoms with E-state index in [0.29, 0.717) is 5.39 Å². The fraction of sp³-hybridized carbons (Fsp3) is 0.286. The lowest BCUT2D eigenvalue weighted by atomic mass is 10.1. The highest BCUT2D eigenvalue weighted by atomic mass is 16.1. The van der Waals surface area contributed by atoms with Gasteiger partial charge in [-0.15, -0.1) is 0 Å². The SMILES string of the molecule is Cn1ccc2ccc(NC(C)(C)C#N)cc2c1=O. The van der Waals surface area contributed by atoms with Crippen LogP contribution in [0.3, 0.4) is 0 Å². The van der Waals surface area contributed by atoms with Crippen molar-refractivity contribution in [1.82, 2.24) is 4.57 Å². The fourth-order valence-electron chi connectivity index (χ4n) is 1.80. The molecule has 0 radical (unpaired) electrons. The van der Waals surface area contributed by atoms with Crippen LogP contribution in [-0.2, 0) is 7.05 Å². The van der Waals surface area contributed by atoms with Gasteiger partial charge in [-0.1, -0.05) is 6.07 Å². The molecular formula is C14H15N3O. The number of rotatable bonds is 2. The van der Waals surface area contributed by atoms with Crippen LogP contribution in [0.15, 0.2) is 35.3 Å². The van der Waals surface area contributed by atoms with Crippen LogP contribution >= 0.6 is 0 Å². The van der Waals surface area contributed by atoms with E-state index in [-0.39, 0.29) is 5.56 Å². The molecule has 1 aromatic heterocycles. The number of hydrogen-bond donors (Lipinski definition) is 1. The number of nitrogens with one attached hydrogen (secondary N) is 1. The number of aryl methyl sites for hydroxylation is 1. The molecular weight excluding hydrogens is 226 g/mol. The fourth-order valence-corrected chi connectivity index (χ4v) is 1.80. The molecule has 0 bridgehead atoms. The van der Waals surface area contributed by atoms with Crippen LogP contribution < -0.4 is 10.9 Å². The lowest BCUT2D eigenvalue weighted by Gasteiger charge is -2.19. The minimum atomic E-state index is -0.659. The Balaban J connectivity index is 2.54.